The summed E-state index contributed by atoms with van der Waals surface area (Å²) in [5.41, 5.74) is 3.15. The van der Waals surface area contributed by atoms with E-state index in [1.54, 1.807) is 54.6 Å². The van der Waals surface area contributed by atoms with Gasteiger partial charge in [-0.3, -0.25) is 29.4 Å². The number of hydrogen-bond acceptors (Lipinski definition) is 12. The Bertz CT molecular complexity index is 1870. The summed E-state index contributed by atoms with van der Waals surface area (Å²) in [6.45, 7) is 0.487. The summed E-state index contributed by atoms with van der Waals surface area (Å²) in [7, 11) is -3.09. The van der Waals surface area contributed by atoms with Gasteiger partial charge in [0, 0.05) is 23.0 Å². The Hall–Kier alpha value is -4.34. The zero-order chi connectivity index (χ0) is 33.1. The molecule has 1 unspecified atom stereocenters. The van der Waals surface area contributed by atoms with E-state index < -0.39 is 61.8 Å². The van der Waals surface area contributed by atoms with Crippen molar-refractivity contribution in [2.45, 2.75) is 43.7 Å². The zero-order valence-corrected chi connectivity index (χ0v) is 25.7. The molecule has 46 heavy (non-hydrogen) atoms. The predicted octanol–water partition coefficient (Wildman–Crippen LogP) is 1.53. The predicted molar refractivity (Wildman–Crippen MR) is 164 cm³/mol. The van der Waals surface area contributed by atoms with Crippen LogP contribution in [-0.2, 0) is 30.0 Å². The number of H-pyrrole nitrogens is 1. The highest BCUT2D eigenvalue weighted by molar-refractivity contribution is 7.52. The molecule has 0 radical (unpaired) electrons. The average molecular weight is 657 g/mol. The number of benzene rings is 3. The van der Waals surface area contributed by atoms with E-state index in [0.717, 1.165) is 22.4 Å². The first kappa shape index (κ1) is 33.0. The zero-order valence-electron chi connectivity index (χ0n) is 24.8. The van der Waals surface area contributed by atoms with Crippen molar-refractivity contribution in [3.05, 3.63) is 105 Å². The van der Waals surface area contributed by atoms with Gasteiger partial charge in [0.25, 0.3) is 5.56 Å². The molecule has 1 aromatic heterocycles. The molecular weight excluding hydrogens is 623 g/mol. The normalized spacial score (nSPS) is 23.0. The summed E-state index contributed by atoms with van der Waals surface area (Å²) in [6, 6.07) is 18.8. The minimum absolute atomic E-state index is 0.0455. The number of aliphatic hydroxyl groups excluding tert-OH is 2. The number of aliphatic hydroxyl groups is 2. The summed E-state index contributed by atoms with van der Waals surface area (Å²) in [4.78, 5) is 38.8. The number of hydrogen-bond donors (Lipinski definition) is 5. The number of nitrogens with one attached hydrogen (secondary N) is 2. The number of carbonyl (C=O) groups is 1. The standard InChI is InChI=1S/C30H33N4O11P/c1-18(28(38)42-16-19-8-4-3-5-9-19)33-46(40,45-23-13-12-22(41-2)20-10-6-7-11-21(20)23)43-17-30(31)26(37)25(36)27(44-30)34-15-14-24(35)32-29(34)39/h3-15,18,25-27,36-37H,16-17,31H2,1-2H3,(H,33,40)(H,32,35,39)/t18-,25+,26-,27+,30+,46?/m0/s1. The van der Waals surface area contributed by atoms with E-state index in [9.17, 15) is 29.2 Å². The molecule has 1 saturated heterocycles. The van der Waals surface area contributed by atoms with E-state index in [0.29, 0.717) is 16.5 Å². The van der Waals surface area contributed by atoms with E-state index in [-0.39, 0.29) is 12.4 Å². The van der Waals surface area contributed by atoms with Crippen LogP contribution in [0.2, 0.25) is 0 Å². The van der Waals surface area contributed by atoms with Crippen LogP contribution in [0, 0.1) is 0 Å². The topological polar surface area (TPSA) is 214 Å². The van der Waals surface area contributed by atoms with Crippen LogP contribution in [0.25, 0.3) is 10.8 Å². The third-order valence-electron chi connectivity index (χ3n) is 7.25. The lowest BCUT2D eigenvalue weighted by molar-refractivity contribution is -0.146. The van der Waals surface area contributed by atoms with Crippen LogP contribution in [0.3, 0.4) is 0 Å². The molecule has 0 bridgehead atoms. The number of carbonyl (C=O) groups excluding carboxylic acids is 1. The highest BCUT2D eigenvalue weighted by atomic mass is 31.2. The van der Waals surface area contributed by atoms with Gasteiger partial charge >= 0.3 is 19.4 Å². The number of ether oxygens (including phenoxy) is 3. The minimum atomic E-state index is -4.58. The molecule has 0 spiro atoms. The van der Waals surface area contributed by atoms with Crippen molar-refractivity contribution in [2.75, 3.05) is 13.7 Å². The first-order chi connectivity index (χ1) is 21.9. The van der Waals surface area contributed by atoms with Crippen LogP contribution in [0.15, 0.2) is 88.6 Å². The molecule has 244 valence electrons. The van der Waals surface area contributed by atoms with Gasteiger partial charge in [-0.1, -0.05) is 54.6 Å². The fourth-order valence-electron chi connectivity index (χ4n) is 4.83. The second-order valence-electron chi connectivity index (χ2n) is 10.5. The Labute approximate surface area is 262 Å². The van der Waals surface area contributed by atoms with Gasteiger partial charge in [0.1, 0.15) is 43.0 Å². The van der Waals surface area contributed by atoms with Crippen LogP contribution in [0.1, 0.15) is 18.7 Å². The van der Waals surface area contributed by atoms with Crippen molar-refractivity contribution in [3.63, 3.8) is 0 Å². The third kappa shape index (κ3) is 7.06. The Kier molecular flexibility index (Phi) is 9.74. The number of fused-ring (bicyclic) bond motifs is 1. The Morgan fingerprint density at radius 2 is 1.72 bits per heavy atom. The molecule has 0 aliphatic carbocycles. The molecule has 1 aliphatic rings. The lowest BCUT2D eigenvalue weighted by Crippen LogP contribution is -2.54. The monoisotopic (exact) mass is 656 g/mol. The second-order valence-corrected chi connectivity index (χ2v) is 12.2. The van der Waals surface area contributed by atoms with Gasteiger partial charge in [-0.25, -0.2) is 9.36 Å². The summed E-state index contributed by atoms with van der Waals surface area (Å²) < 4.78 is 43.2. The number of nitrogens with zero attached hydrogens (tertiary/aromatic N) is 1. The molecule has 6 N–H and O–H groups in total. The van der Waals surface area contributed by atoms with Gasteiger partial charge in [0.2, 0.25) is 0 Å². The average Bonchev–Trinajstić information content (AvgIpc) is 3.27. The molecule has 4 aromatic rings. The first-order valence-corrected chi connectivity index (χ1v) is 15.6. The van der Waals surface area contributed by atoms with Crippen molar-refractivity contribution in [2.24, 2.45) is 5.73 Å². The van der Waals surface area contributed by atoms with Crippen LogP contribution < -0.4 is 31.3 Å². The molecule has 1 aliphatic heterocycles. The summed E-state index contributed by atoms with van der Waals surface area (Å²) in [6.07, 6.45) is -4.11. The number of rotatable bonds is 12. The van der Waals surface area contributed by atoms with Gasteiger partial charge < -0.3 is 28.9 Å². The summed E-state index contributed by atoms with van der Waals surface area (Å²) in [5, 5.41) is 25.2. The lowest BCUT2D eigenvalue weighted by atomic mass is 10.1. The molecular formula is C30H33N4O11P. The molecule has 0 saturated carbocycles. The van der Waals surface area contributed by atoms with Crippen molar-refractivity contribution >= 4 is 24.5 Å². The molecule has 16 heteroatoms. The highest BCUT2D eigenvalue weighted by Gasteiger charge is 2.54. The summed E-state index contributed by atoms with van der Waals surface area (Å²) in [5.74, 6) is -0.164. The SMILES string of the molecule is COc1ccc(OP(=O)(N[C@@H](C)C(=O)OCc2ccccc2)OC[C@@]2(N)O[C@@H](n3ccc(=O)[nH]c3=O)[C@H](O)[C@@H]2O)c2ccccc12. The fraction of sp³-hybridized carbons (Fsp3) is 0.300. The lowest BCUT2D eigenvalue weighted by Gasteiger charge is -2.30. The van der Waals surface area contributed by atoms with Crippen molar-refractivity contribution < 1.29 is 42.8 Å². The number of aromatic nitrogens is 2. The van der Waals surface area contributed by atoms with E-state index in [1.165, 1.54) is 20.1 Å². The van der Waals surface area contributed by atoms with Crippen molar-refractivity contribution in [1.82, 2.24) is 14.6 Å². The van der Waals surface area contributed by atoms with E-state index in [4.69, 9.17) is 29.0 Å². The molecule has 1 fully saturated rings. The minimum Gasteiger partial charge on any atom is -0.496 e. The molecule has 3 aromatic carbocycles. The van der Waals surface area contributed by atoms with Gasteiger partial charge in [-0.05, 0) is 24.6 Å². The maximum Gasteiger partial charge on any atom is 0.459 e. The van der Waals surface area contributed by atoms with Gasteiger partial charge in [0.05, 0.1) is 7.11 Å². The molecule has 15 nitrogen and oxygen atoms in total. The molecule has 6 atom stereocenters. The maximum atomic E-state index is 14.4. The quantitative estimate of drug-likeness (QED) is 0.108. The van der Waals surface area contributed by atoms with Crippen LogP contribution >= 0.6 is 7.75 Å². The van der Waals surface area contributed by atoms with E-state index >= 15 is 0 Å². The third-order valence-corrected chi connectivity index (χ3v) is 8.86. The van der Waals surface area contributed by atoms with Crippen molar-refractivity contribution in [3.8, 4) is 11.5 Å². The fourth-order valence-corrected chi connectivity index (χ4v) is 6.38. The number of aromatic amines is 1. The molecule has 5 rings (SSSR count). The Morgan fingerprint density at radius 3 is 2.39 bits per heavy atom. The second kappa shape index (κ2) is 13.6. The maximum absolute atomic E-state index is 14.4. The number of nitrogens with two attached hydrogens (primary N) is 1. The Morgan fingerprint density at radius 1 is 1.07 bits per heavy atom. The Balaban J connectivity index is 1.40. The van der Waals surface area contributed by atoms with Gasteiger partial charge in [-0.2, -0.15) is 5.09 Å². The van der Waals surface area contributed by atoms with E-state index in [1.807, 2.05) is 11.1 Å². The molecule has 0 amide bonds. The first-order valence-electron chi connectivity index (χ1n) is 14.1. The largest absolute Gasteiger partial charge is 0.496 e. The smallest absolute Gasteiger partial charge is 0.459 e. The number of esters is 1. The van der Waals surface area contributed by atoms with Crippen LogP contribution in [0.4, 0.5) is 0 Å². The summed E-state index contributed by atoms with van der Waals surface area (Å²) >= 11 is 0. The van der Waals surface area contributed by atoms with E-state index in [2.05, 4.69) is 5.09 Å². The van der Waals surface area contributed by atoms with Crippen LogP contribution in [0.5, 0.6) is 11.5 Å². The van der Waals surface area contributed by atoms with Crippen molar-refractivity contribution in [1.29, 1.82) is 0 Å². The van der Waals surface area contributed by atoms with Crippen LogP contribution in [-0.4, -0.2) is 63.4 Å². The highest BCUT2D eigenvalue weighted by Crippen LogP contribution is 2.49. The molecule has 2 heterocycles. The van der Waals surface area contributed by atoms with Gasteiger partial charge in [-0.15, -0.1) is 0 Å². The van der Waals surface area contributed by atoms with Gasteiger partial charge in [0.15, 0.2) is 12.0 Å². The number of methoxy groups -OCH3 is 1.